The van der Waals surface area contributed by atoms with Gasteiger partial charge in [-0.3, -0.25) is 9.78 Å². The first-order chi connectivity index (χ1) is 8.54. The maximum atomic E-state index is 11.6. The van der Waals surface area contributed by atoms with Crippen molar-refractivity contribution in [1.29, 1.82) is 0 Å². The number of halogens is 1. The van der Waals surface area contributed by atoms with E-state index in [-0.39, 0.29) is 11.9 Å². The molecule has 0 spiro atoms. The summed E-state index contributed by atoms with van der Waals surface area (Å²) in [6, 6.07) is 9.53. The standard InChI is InChI=1S/C14H15ClN2O/c1-9(2)16-14(18)8-12-6-4-10-3-5-11(15)7-13(10)17-12/h3-7,9H,8H2,1-2H3,(H,16,18). The number of benzene rings is 1. The van der Waals surface area contributed by atoms with Gasteiger partial charge in [0.2, 0.25) is 5.91 Å². The van der Waals surface area contributed by atoms with Crippen molar-refractivity contribution in [3.8, 4) is 0 Å². The van der Waals surface area contributed by atoms with Crippen molar-refractivity contribution < 1.29 is 4.79 Å². The first-order valence-corrected chi connectivity index (χ1v) is 6.27. The molecule has 1 heterocycles. The molecule has 1 aromatic heterocycles. The fourth-order valence-electron chi connectivity index (χ4n) is 1.77. The van der Waals surface area contributed by atoms with Gasteiger partial charge in [0.15, 0.2) is 0 Å². The van der Waals surface area contributed by atoms with Crippen molar-refractivity contribution in [3.05, 3.63) is 41.0 Å². The third kappa shape index (κ3) is 3.20. The fourth-order valence-corrected chi connectivity index (χ4v) is 1.93. The molecule has 0 atom stereocenters. The van der Waals surface area contributed by atoms with Crippen LogP contribution >= 0.6 is 11.6 Å². The van der Waals surface area contributed by atoms with Crippen LogP contribution in [0.15, 0.2) is 30.3 Å². The van der Waals surface area contributed by atoms with Crippen LogP contribution in [0.1, 0.15) is 19.5 Å². The second-order valence-corrected chi connectivity index (χ2v) is 4.98. The summed E-state index contributed by atoms with van der Waals surface area (Å²) < 4.78 is 0. The number of carbonyl (C=O) groups excluding carboxylic acids is 1. The first-order valence-electron chi connectivity index (χ1n) is 5.89. The van der Waals surface area contributed by atoms with Gasteiger partial charge in [-0.2, -0.15) is 0 Å². The summed E-state index contributed by atoms with van der Waals surface area (Å²) in [6.45, 7) is 3.87. The van der Waals surface area contributed by atoms with Gasteiger partial charge in [0.25, 0.3) is 0 Å². The zero-order valence-corrected chi connectivity index (χ0v) is 11.2. The predicted molar refractivity (Wildman–Crippen MR) is 73.7 cm³/mol. The summed E-state index contributed by atoms with van der Waals surface area (Å²) in [5.74, 6) is -0.0149. The van der Waals surface area contributed by atoms with Gasteiger partial charge in [-0.05, 0) is 32.0 Å². The number of pyridine rings is 1. The van der Waals surface area contributed by atoms with E-state index in [1.807, 2.05) is 38.1 Å². The summed E-state index contributed by atoms with van der Waals surface area (Å²) in [6.07, 6.45) is 0.292. The number of fused-ring (bicyclic) bond motifs is 1. The third-order valence-corrected chi connectivity index (χ3v) is 2.74. The van der Waals surface area contributed by atoms with Crippen LogP contribution in [0.5, 0.6) is 0 Å². The van der Waals surface area contributed by atoms with E-state index in [0.29, 0.717) is 11.4 Å². The van der Waals surface area contributed by atoms with Gasteiger partial charge in [-0.25, -0.2) is 0 Å². The molecule has 0 aliphatic carbocycles. The Balaban J connectivity index is 2.21. The summed E-state index contributed by atoms with van der Waals surface area (Å²) in [7, 11) is 0. The molecular weight excluding hydrogens is 248 g/mol. The quantitative estimate of drug-likeness (QED) is 0.924. The van der Waals surface area contributed by atoms with Crippen LogP contribution in [0.4, 0.5) is 0 Å². The monoisotopic (exact) mass is 262 g/mol. The molecule has 3 nitrogen and oxygen atoms in total. The lowest BCUT2D eigenvalue weighted by molar-refractivity contribution is -0.120. The molecule has 0 aliphatic rings. The number of hydrogen-bond donors (Lipinski definition) is 1. The molecule has 4 heteroatoms. The zero-order chi connectivity index (χ0) is 13.1. The smallest absolute Gasteiger partial charge is 0.226 e. The molecule has 1 N–H and O–H groups in total. The lowest BCUT2D eigenvalue weighted by Gasteiger charge is -2.08. The van der Waals surface area contributed by atoms with Crippen molar-refractivity contribution in [2.75, 3.05) is 0 Å². The van der Waals surface area contributed by atoms with E-state index >= 15 is 0 Å². The number of carbonyl (C=O) groups is 1. The first kappa shape index (κ1) is 12.8. The van der Waals surface area contributed by atoms with Crippen molar-refractivity contribution in [2.24, 2.45) is 0 Å². The molecule has 0 radical (unpaired) electrons. The van der Waals surface area contributed by atoms with E-state index in [1.165, 1.54) is 0 Å². The van der Waals surface area contributed by atoms with Gasteiger partial charge in [0.05, 0.1) is 17.6 Å². The van der Waals surface area contributed by atoms with Gasteiger partial charge in [0, 0.05) is 16.5 Å². The Hall–Kier alpha value is -1.61. The Morgan fingerprint density at radius 2 is 2.06 bits per heavy atom. The van der Waals surface area contributed by atoms with E-state index in [2.05, 4.69) is 10.3 Å². The topological polar surface area (TPSA) is 42.0 Å². The highest BCUT2D eigenvalue weighted by molar-refractivity contribution is 6.31. The average molecular weight is 263 g/mol. The van der Waals surface area contributed by atoms with E-state index < -0.39 is 0 Å². The highest BCUT2D eigenvalue weighted by atomic mass is 35.5. The van der Waals surface area contributed by atoms with Crippen LogP contribution in [0.25, 0.3) is 10.9 Å². The van der Waals surface area contributed by atoms with Gasteiger partial charge in [-0.15, -0.1) is 0 Å². The number of nitrogens with one attached hydrogen (secondary N) is 1. The second kappa shape index (κ2) is 5.36. The lowest BCUT2D eigenvalue weighted by atomic mass is 10.1. The molecule has 94 valence electrons. The van der Waals surface area contributed by atoms with Crippen LogP contribution in [-0.4, -0.2) is 16.9 Å². The van der Waals surface area contributed by atoms with Gasteiger partial charge in [0.1, 0.15) is 0 Å². The molecule has 18 heavy (non-hydrogen) atoms. The number of amides is 1. The molecule has 0 unspecified atom stereocenters. The molecule has 1 aromatic carbocycles. The Morgan fingerprint density at radius 3 is 2.78 bits per heavy atom. The number of nitrogens with zero attached hydrogens (tertiary/aromatic N) is 1. The van der Waals surface area contributed by atoms with Crippen LogP contribution in [0.3, 0.4) is 0 Å². The molecule has 2 aromatic rings. The molecular formula is C14H15ClN2O. The minimum absolute atomic E-state index is 0.0149. The molecule has 2 rings (SSSR count). The molecule has 0 bridgehead atoms. The van der Waals surface area contributed by atoms with E-state index in [1.54, 1.807) is 6.07 Å². The largest absolute Gasteiger partial charge is 0.354 e. The van der Waals surface area contributed by atoms with Crippen molar-refractivity contribution in [2.45, 2.75) is 26.3 Å². The van der Waals surface area contributed by atoms with Crippen LogP contribution < -0.4 is 5.32 Å². The molecule has 0 aliphatic heterocycles. The Bertz CT molecular complexity index is 581. The SMILES string of the molecule is CC(C)NC(=O)Cc1ccc2ccc(Cl)cc2n1. The molecule has 0 saturated carbocycles. The number of hydrogen-bond acceptors (Lipinski definition) is 2. The molecule has 0 fully saturated rings. The van der Waals surface area contributed by atoms with Crippen LogP contribution in [-0.2, 0) is 11.2 Å². The van der Waals surface area contributed by atoms with Gasteiger partial charge < -0.3 is 5.32 Å². The summed E-state index contributed by atoms with van der Waals surface area (Å²) in [4.78, 5) is 16.1. The van der Waals surface area contributed by atoms with Crippen molar-refractivity contribution >= 4 is 28.4 Å². The van der Waals surface area contributed by atoms with Gasteiger partial charge in [-0.1, -0.05) is 23.7 Å². The fraction of sp³-hybridized carbons (Fsp3) is 0.286. The Morgan fingerprint density at radius 1 is 1.33 bits per heavy atom. The third-order valence-electron chi connectivity index (χ3n) is 2.50. The minimum Gasteiger partial charge on any atom is -0.354 e. The zero-order valence-electron chi connectivity index (χ0n) is 10.4. The van der Waals surface area contributed by atoms with Crippen molar-refractivity contribution in [3.63, 3.8) is 0 Å². The lowest BCUT2D eigenvalue weighted by Crippen LogP contribution is -2.31. The van der Waals surface area contributed by atoms with Crippen LogP contribution in [0.2, 0.25) is 5.02 Å². The summed E-state index contributed by atoms with van der Waals surface area (Å²) >= 11 is 5.93. The summed E-state index contributed by atoms with van der Waals surface area (Å²) in [5, 5.41) is 4.52. The van der Waals surface area contributed by atoms with Crippen molar-refractivity contribution in [1.82, 2.24) is 10.3 Å². The van der Waals surface area contributed by atoms with Crippen LogP contribution in [0, 0.1) is 0 Å². The van der Waals surface area contributed by atoms with E-state index in [4.69, 9.17) is 11.6 Å². The normalized spacial score (nSPS) is 10.9. The highest BCUT2D eigenvalue weighted by Crippen LogP contribution is 2.18. The highest BCUT2D eigenvalue weighted by Gasteiger charge is 2.06. The van der Waals surface area contributed by atoms with E-state index in [9.17, 15) is 4.79 Å². The van der Waals surface area contributed by atoms with Gasteiger partial charge >= 0.3 is 0 Å². The predicted octanol–water partition coefficient (Wildman–Crippen LogP) is 2.96. The summed E-state index contributed by atoms with van der Waals surface area (Å²) in [5.41, 5.74) is 1.57. The van der Waals surface area contributed by atoms with E-state index in [0.717, 1.165) is 16.6 Å². The molecule has 1 amide bonds. The second-order valence-electron chi connectivity index (χ2n) is 4.54. The Labute approximate surface area is 111 Å². The number of aromatic nitrogens is 1. The number of rotatable bonds is 3. The Kier molecular flexibility index (Phi) is 3.82. The average Bonchev–Trinajstić information content (AvgIpc) is 2.27. The molecule has 0 saturated heterocycles. The maximum Gasteiger partial charge on any atom is 0.226 e. The maximum absolute atomic E-state index is 11.6. The minimum atomic E-state index is -0.0149.